The molecular weight excluding hydrogens is 496 g/mol. The molecule has 0 atom stereocenters. The van der Waals surface area contributed by atoms with Gasteiger partial charge in [0.25, 0.3) is 0 Å². The largest absolute Gasteiger partial charge is 0.450 e. The number of rotatable bonds is 6. The minimum Gasteiger partial charge on any atom is -0.450 e. The van der Waals surface area contributed by atoms with E-state index < -0.39 is 44.0 Å². The first-order valence-corrected chi connectivity index (χ1v) is 14.3. The smallest absolute Gasteiger partial charge is 0.300 e. The molecule has 0 bridgehead atoms. The quantitative estimate of drug-likeness (QED) is 0.234. The molecule has 0 radical (unpaired) electrons. The third-order valence-electron chi connectivity index (χ3n) is 8.23. The summed E-state index contributed by atoms with van der Waals surface area (Å²) < 4.78 is 96.7. The molecule has 0 aliphatic heterocycles. The van der Waals surface area contributed by atoms with Crippen LogP contribution in [0.25, 0.3) is 0 Å². The molecule has 9 heteroatoms. The Morgan fingerprint density at radius 2 is 1.03 bits per heavy atom. The highest BCUT2D eigenvalue weighted by Gasteiger charge is 2.36. The van der Waals surface area contributed by atoms with Gasteiger partial charge < -0.3 is 4.74 Å². The second kappa shape index (κ2) is 9.97. The van der Waals surface area contributed by atoms with Gasteiger partial charge >= 0.3 is 10.1 Å². The highest BCUT2D eigenvalue weighted by atomic mass is 32.2. The zero-order valence-electron chi connectivity index (χ0n) is 20.0. The van der Waals surface area contributed by atoms with Gasteiger partial charge in [0.05, 0.1) is 0 Å². The van der Waals surface area contributed by atoms with E-state index >= 15 is 0 Å². The lowest BCUT2D eigenvalue weighted by Crippen LogP contribution is -2.13. The van der Waals surface area contributed by atoms with E-state index in [-0.39, 0.29) is 17.6 Å². The van der Waals surface area contributed by atoms with Crippen molar-refractivity contribution in [3.63, 3.8) is 0 Å². The van der Waals surface area contributed by atoms with Crippen molar-refractivity contribution in [3.05, 3.63) is 52.1 Å². The van der Waals surface area contributed by atoms with Crippen LogP contribution in [0.4, 0.5) is 17.6 Å². The topological polar surface area (TPSA) is 63.6 Å². The Labute approximate surface area is 208 Å². The summed E-state index contributed by atoms with van der Waals surface area (Å²) >= 11 is 0. The molecule has 3 aliphatic rings. The molecule has 0 amide bonds. The van der Waals surface area contributed by atoms with Crippen molar-refractivity contribution in [3.8, 4) is 11.5 Å². The van der Waals surface area contributed by atoms with Gasteiger partial charge in [-0.05, 0) is 73.0 Å². The predicted molar refractivity (Wildman–Crippen MR) is 126 cm³/mol. The Hall–Kier alpha value is -2.13. The molecule has 0 aromatic heterocycles. The highest BCUT2D eigenvalue weighted by Crippen LogP contribution is 2.50. The molecule has 0 spiro atoms. The van der Waals surface area contributed by atoms with Crippen LogP contribution < -0.4 is 4.74 Å². The first-order chi connectivity index (χ1) is 17.2. The summed E-state index contributed by atoms with van der Waals surface area (Å²) in [6, 6.07) is 4.10. The Morgan fingerprint density at radius 1 is 0.639 bits per heavy atom. The number of halogens is 4. The summed E-state index contributed by atoms with van der Waals surface area (Å²) in [5.41, 5.74) is 2.79. The fourth-order valence-electron chi connectivity index (χ4n) is 6.40. The van der Waals surface area contributed by atoms with Gasteiger partial charge in [-0.25, -0.2) is 8.78 Å². The second-order valence-corrected chi connectivity index (χ2v) is 11.8. The van der Waals surface area contributed by atoms with Crippen LogP contribution in [0.3, 0.4) is 0 Å². The van der Waals surface area contributed by atoms with Crippen molar-refractivity contribution in [1.29, 1.82) is 0 Å². The standard InChI is InChI=1S/C27H30F4O4S/c28-21-23(30)27(36(32,33)34)24(31)22(29)26(21)35-25-19(16-9-3-4-10-16)13-18(15-7-1-2-8-15)14-20(25)17-11-5-6-12-17/h13-17H,1-12H2,(H,32,33,34). The summed E-state index contributed by atoms with van der Waals surface area (Å²) in [4.78, 5) is -2.06. The number of ether oxygens (including phenoxy) is 1. The van der Waals surface area contributed by atoms with Crippen molar-refractivity contribution in [1.82, 2.24) is 0 Å². The van der Waals surface area contributed by atoms with Gasteiger partial charge in [-0.15, -0.1) is 0 Å². The Balaban J connectivity index is 1.69. The molecule has 36 heavy (non-hydrogen) atoms. The normalized spacial score (nSPS) is 20.0. The summed E-state index contributed by atoms with van der Waals surface area (Å²) in [6.07, 6.45) is 12.0. The van der Waals surface area contributed by atoms with Crippen LogP contribution in [0.2, 0.25) is 0 Å². The Bertz CT molecular complexity index is 1190. The van der Waals surface area contributed by atoms with Gasteiger partial charge in [0.2, 0.25) is 17.4 Å². The molecule has 0 heterocycles. The van der Waals surface area contributed by atoms with Crippen molar-refractivity contribution < 1.29 is 35.3 Å². The molecular formula is C27H30F4O4S. The van der Waals surface area contributed by atoms with Gasteiger partial charge in [-0.1, -0.05) is 50.7 Å². The van der Waals surface area contributed by atoms with Gasteiger partial charge in [0, 0.05) is 0 Å². The molecule has 2 aromatic rings. The first kappa shape index (κ1) is 25.5. The lowest BCUT2D eigenvalue weighted by molar-refractivity contribution is 0.341. The molecule has 0 saturated heterocycles. The SMILES string of the molecule is O=S(=O)(O)c1c(F)c(F)c(Oc2c(C3CCCC3)cc(C3CCCC3)cc2C2CCCC2)c(F)c1F. The van der Waals surface area contributed by atoms with Gasteiger partial charge in [-0.2, -0.15) is 17.2 Å². The maximum absolute atomic E-state index is 15.0. The van der Waals surface area contributed by atoms with Gasteiger partial charge in [0.1, 0.15) is 5.75 Å². The molecule has 0 unspecified atom stereocenters. The molecule has 4 nitrogen and oxygen atoms in total. The highest BCUT2D eigenvalue weighted by molar-refractivity contribution is 7.85. The summed E-state index contributed by atoms with van der Waals surface area (Å²) in [6.45, 7) is 0. The van der Waals surface area contributed by atoms with Crippen LogP contribution in [0.5, 0.6) is 11.5 Å². The van der Waals surface area contributed by atoms with Crippen LogP contribution in [0.15, 0.2) is 17.0 Å². The van der Waals surface area contributed by atoms with Crippen molar-refractivity contribution in [2.45, 2.75) is 99.7 Å². The lowest BCUT2D eigenvalue weighted by atomic mass is 9.84. The van der Waals surface area contributed by atoms with E-state index in [0.29, 0.717) is 5.92 Å². The van der Waals surface area contributed by atoms with E-state index in [0.717, 1.165) is 88.2 Å². The molecule has 5 rings (SSSR count). The van der Waals surface area contributed by atoms with Gasteiger partial charge in [-0.3, -0.25) is 4.55 Å². The van der Waals surface area contributed by atoms with E-state index in [1.807, 2.05) is 0 Å². The molecule has 196 valence electrons. The van der Waals surface area contributed by atoms with Gasteiger partial charge in [0.15, 0.2) is 16.5 Å². The van der Waals surface area contributed by atoms with E-state index in [9.17, 15) is 26.0 Å². The molecule has 1 N–H and O–H groups in total. The van der Waals surface area contributed by atoms with E-state index in [2.05, 4.69) is 12.1 Å². The monoisotopic (exact) mass is 526 g/mol. The average Bonchev–Trinajstić information content (AvgIpc) is 3.63. The number of hydrogen-bond donors (Lipinski definition) is 1. The van der Waals surface area contributed by atoms with Crippen LogP contribution in [0, 0.1) is 23.3 Å². The summed E-state index contributed by atoms with van der Waals surface area (Å²) in [5.74, 6) is -8.91. The third-order valence-corrected chi connectivity index (χ3v) is 9.10. The predicted octanol–water partition coefficient (Wildman–Crippen LogP) is 8.25. The Morgan fingerprint density at radius 3 is 1.42 bits per heavy atom. The number of hydrogen-bond acceptors (Lipinski definition) is 3. The van der Waals surface area contributed by atoms with E-state index in [1.54, 1.807) is 0 Å². The minimum atomic E-state index is -5.54. The maximum atomic E-state index is 15.0. The third kappa shape index (κ3) is 4.64. The first-order valence-electron chi connectivity index (χ1n) is 12.9. The summed E-state index contributed by atoms with van der Waals surface area (Å²) in [5, 5.41) is 0. The van der Waals surface area contributed by atoms with E-state index in [1.165, 1.54) is 5.56 Å². The van der Waals surface area contributed by atoms with Crippen molar-refractivity contribution in [2.75, 3.05) is 0 Å². The maximum Gasteiger partial charge on any atom is 0.300 e. The van der Waals surface area contributed by atoms with E-state index in [4.69, 9.17) is 9.29 Å². The molecule has 2 aromatic carbocycles. The van der Waals surface area contributed by atoms with Crippen LogP contribution in [0.1, 0.15) is 111 Å². The average molecular weight is 527 g/mol. The second-order valence-electron chi connectivity index (χ2n) is 10.5. The van der Waals surface area contributed by atoms with Crippen LogP contribution in [-0.2, 0) is 10.1 Å². The zero-order valence-corrected chi connectivity index (χ0v) is 20.8. The molecule has 3 saturated carbocycles. The Kier molecular flexibility index (Phi) is 7.07. The molecule has 3 fully saturated rings. The number of benzene rings is 2. The van der Waals surface area contributed by atoms with Crippen LogP contribution >= 0.6 is 0 Å². The summed E-state index contributed by atoms with van der Waals surface area (Å²) in [7, 11) is -5.54. The fraction of sp³-hybridized carbons (Fsp3) is 0.556. The minimum absolute atomic E-state index is 0.0967. The molecule has 3 aliphatic carbocycles. The fourth-order valence-corrected chi connectivity index (χ4v) is 7.03. The zero-order chi connectivity index (χ0) is 25.6. The van der Waals surface area contributed by atoms with Crippen molar-refractivity contribution in [2.24, 2.45) is 0 Å². The lowest BCUT2D eigenvalue weighted by Gasteiger charge is -2.26. The van der Waals surface area contributed by atoms with Crippen molar-refractivity contribution >= 4 is 10.1 Å². The van der Waals surface area contributed by atoms with Crippen LogP contribution in [-0.4, -0.2) is 13.0 Å².